The summed E-state index contributed by atoms with van der Waals surface area (Å²) in [7, 11) is 0. The molecule has 0 amide bonds. The van der Waals surface area contributed by atoms with E-state index < -0.39 is 0 Å². The molecule has 0 aromatic carbocycles. The van der Waals surface area contributed by atoms with Crippen LogP contribution < -0.4 is 5.32 Å². The first-order valence-corrected chi connectivity index (χ1v) is 8.39. The Morgan fingerprint density at radius 1 is 1.26 bits per heavy atom. The fraction of sp³-hybridized carbons (Fsp3) is 0.500. The summed E-state index contributed by atoms with van der Waals surface area (Å²) in [6, 6.07) is 4.22. The van der Waals surface area contributed by atoms with Crippen molar-refractivity contribution in [1.82, 2.24) is 15.2 Å². The van der Waals surface area contributed by atoms with E-state index in [9.17, 15) is 0 Å². The van der Waals surface area contributed by atoms with Gasteiger partial charge in [-0.25, -0.2) is 4.98 Å². The molecule has 2 aromatic heterocycles. The van der Waals surface area contributed by atoms with Crippen molar-refractivity contribution in [2.24, 2.45) is 0 Å². The molecule has 1 aliphatic rings. The average molecular weight is 293 g/mol. The molecular weight excluding hydrogens is 274 g/mol. The van der Waals surface area contributed by atoms with E-state index in [2.05, 4.69) is 47.0 Å². The lowest BCUT2D eigenvalue weighted by molar-refractivity contribution is 0.102. The zero-order chi connectivity index (χ0) is 13.3. The van der Waals surface area contributed by atoms with Crippen LogP contribution in [0.25, 0.3) is 10.6 Å². The van der Waals surface area contributed by atoms with Crippen LogP contribution in [0.1, 0.15) is 18.9 Å². The third kappa shape index (κ3) is 2.60. The molecule has 0 aliphatic carbocycles. The van der Waals surface area contributed by atoms with Crippen LogP contribution in [-0.2, 0) is 5.54 Å². The van der Waals surface area contributed by atoms with Crippen molar-refractivity contribution in [2.75, 3.05) is 26.2 Å². The first kappa shape index (κ1) is 13.2. The second kappa shape index (κ2) is 5.32. The number of nitrogens with zero attached hydrogens (tertiary/aromatic N) is 2. The van der Waals surface area contributed by atoms with Crippen LogP contribution in [0.3, 0.4) is 0 Å². The standard InChI is InChI=1S/C14H19N3S2/c1-14(2,17-7-5-15-6-8-17)13-16-11(10-19-13)12-4-3-9-18-12/h3-4,9-10,15H,5-8H2,1-2H3. The minimum absolute atomic E-state index is 0.0300. The number of hydrogen-bond donors (Lipinski definition) is 1. The molecule has 1 fully saturated rings. The summed E-state index contributed by atoms with van der Waals surface area (Å²) < 4.78 is 0. The third-order valence-electron chi connectivity index (χ3n) is 3.71. The predicted octanol–water partition coefficient (Wildman–Crippen LogP) is 3.01. The quantitative estimate of drug-likeness (QED) is 0.943. The first-order chi connectivity index (χ1) is 9.18. The fourth-order valence-electron chi connectivity index (χ4n) is 2.45. The maximum Gasteiger partial charge on any atom is 0.113 e. The summed E-state index contributed by atoms with van der Waals surface area (Å²) in [5.41, 5.74) is 1.15. The normalized spacial score (nSPS) is 17.8. The smallest absolute Gasteiger partial charge is 0.113 e. The van der Waals surface area contributed by atoms with Crippen LogP contribution in [0, 0.1) is 0 Å². The molecule has 0 spiro atoms. The number of nitrogens with one attached hydrogen (secondary N) is 1. The maximum atomic E-state index is 4.87. The number of thiophene rings is 1. The second-order valence-corrected chi connectivity index (χ2v) is 7.12. The van der Waals surface area contributed by atoms with Gasteiger partial charge in [0.2, 0.25) is 0 Å². The molecule has 1 saturated heterocycles. The third-order valence-corrected chi connectivity index (χ3v) is 5.76. The summed E-state index contributed by atoms with van der Waals surface area (Å²) >= 11 is 3.54. The summed E-state index contributed by atoms with van der Waals surface area (Å²) in [5, 5.41) is 8.92. The van der Waals surface area contributed by atoms with Crippen molar-refractivity contribution in [3.05, 3.63) is 27.9 Å². The first-order valence-electron chi connectivity index (χ1n) is 6.63. The van der Waals surface area contributed by atoms with Crippen LogP contribution in [0.4, 0.5) is 0 Å². The summed E-state index contributed by atoms with van der Waals surface area (Å²) in [4.78, 5) is 8.66. The number of piperazine rings is 1. The van der Waals surface area contributed by atoms with Crippen molar-refractivity contribution in [2.45, 2.75) is 19.4 Å². The highest BCUT2D eigenvalue weighted by Gasteiger charge is 2.32. The van der Waals surface area contributed by atoms with Gasteiger partial charge >= 0.3 is 0 Å². The number of thiazole rings is 1. The van der Waals surface area contributed by atoms with Crippen LogP contribution >= 0.6 is 22.7 Å². The minimum Gasteiger partial charge on any atom is -0.314 e. The molecule has 2 aromatic rings. The fourth-order valence-corrected chi connectivity index (χ4v) is 4.18. The molecule has 3 nitrogen and oxygen atoms in total. The van der Waals surface area contributed by atoms with Gasteiger partial charge in [-0.3, -0.25) is 4.90 Å². The van der Waals surface area contributed by atoms with E-state index in [1.165, 1.54) is 9.88 Å². The molecule has 102 valence electrons. The van der Waals surface area contributed by atoms with Gasteiger partial charge in [0.15, 0.2) is 0 Å². The van der Waals surface area contributed by atoms with Crippen molar-refractivity contribution in [1.29, 1.82) is 0 Å². The summed E-state index contributed by atoms with van der Waals surface area (Å²) in [6.07, 6.45) is 0. The summed E-state index contributed by atoms with van der Waals surface area (Å²) in [5.74, 6) is 0. The Morgan fingerprint density at radius 2 is 2.05 bits per heavy atom. The SMILES string of the molecule is CC(C)(c1nc(-c2cccs2)cs1)N1CCNCC1. The molecule has 0 atom stereocenters. The van der Waals surface area contributed by atoms with Gasteiger partial charge in [-0.1, -0.05) is 6.07 Å². The highest BCUT2D eigenvalue weighted by molar-refractivity contribution is 7.14. The van der Waals surface area contributed by atoms with Gasteiger partial charge < -0.3 is 5.32 Å². The molecule has 3 rings (SSSR count). The van der Waals surface area contributed by atoms with E-state index in [0.717, 1.165) is 31.9 Å². The van der Waals surface area contributed by atoms with E-state index in [1.54, 1.807) is 22.7 Å². The monoisotopic (exact) mass is 293 g/mol. The Labute approximate surface area is 122 Å². The molecule has 1 N–H and O–H groups in total. The lowest BCUT2D eigenvalue weighted by atomic mass is 10.0. The maximum absolute atomic E-state index is 4.87. The Kier molecular flexibility index (Phi) is 3.71. The van der Waals surface area contributed by atoms with Crippen molar-refractivity contribution >= 4 is 22.7 Å². The average Bonchev–Trinajstić information content (AvgIpc) is 3.10. The number of hydrogen-bond acceptors (Lipinski definition) is 5. The van der Waals surface area contributed by atoms with Gasteiger partial charge in [-0.15, -0.1) is 22.7 Å². The highest BCUT2D eigenvalue weighted by atomic mass is 32.1. The topological polar surface area (TPSA) is 28.2 Å². The van der Waals surface area contributed by atoms with Gasteiger partial charge in [-0.05, 0) is 25.3 Å². The van der Waals surface area contributed by atoms with Crippen LogP contribution in [0.5, 0.6) is 0 Å². The molecular formula is C14H19N3S2. The zero-order valence-electron chi connectivity index (χ0n) is 11.3. The van der Waals surface area contributed by atoms with E-state index >= 15 is 0 Å². The molecule has 1 aliphatic heterocycles. The summed E-state index contributed by atoms with van der Waals surface area (Å²) in [6.45, 7) is 8.92. The minimum atomic E-state index is 0.0300. The molecule has 3 heterocycles. The Balaban J connectivity index is 1.84. The van der Waals surface area contributed by atoms with Crippen LogP contribution in [0.15, 0.2) is 22.9 Å². The Hall–Kier alpha value is -0.750. The van der Waals surface area contributed by atoms with E-state index in [1.807, 2.05) is 0 Å². The van der Waals surface area contributed by atoms with Crippen molar-refractivity contribution in [3.63, 3.8) is 0 Å². The van der Waals surface area contributed by atoms with Gasteiger partial charge in [0.05, 0.1) is 16.1 Å². The van der Waals surface area contributed by atoms with Crippen LogP contribution in [-0.4, -0.2) is 36.1 Å². The lowest BCUT2D eigenvalue weighted by Crippen LogP contribution is -2.51. The highest BCUT2D eigenvalue weighted by Crippen LogP contribution is 2.34. The Bertz CT molecular complexity index is 525. The molecule has 0 saturated carbocycles. The molecule has 19 heavy (non-hydrogen) atoms. The lowest BCUT2D eigenvalue weighted by Gasteiger charge is -2.39. The zero-order valence-corrected chi connectivity index (χ0v) is 13.0. The predicted molar refractivity (Wildman–Crippen MR) is 82.9 cm³/mol. The van der Waals surface area contributed by atoms with E-state index in [0.29, 0.717) is 0 Å². The van der Waals surface area contributed by atoms with Crippen molar-refractivity contribution < 1.29 is 0 Å². The van der Waals surface area contributed by atoms with E-state index in [-0.39, 0.29) is 5.54 Å². The van der Waals surface area contributed by atoms with Crippen molar-refractivity contribution in [3.8, 4) is 10.6 Å². The Morgan fingerprint density at radius 3 is 2.74 bits per heavy atom. The van der Waals surface area contributed by atoms with Gasteiger partial charge in [0.25, 0.3) is 0 Å². The van der Waals surface area contributed by atoms with Gasteiger partial charge in [-0.2, -0.15) is 0 Å². The largest absolute Gasteiger partial charge is 0.314 e. The van der Waals surface area contributed by atoms with Gasteiger partial charge in [0, 0.05) is 31.6 Å². The molecule has 0 unspecified atom stereocenters. The second-order valence-electron chi connectivity index (χ2n) is 5.31. The van der Waals surface area contributed by atoms with E-state index in [4.69, 9.17) is 4.98 Å². The van der Waals surface area contributed by atoms with Gasteiger partial charge in [0.1, 0.15) is 5.01 Å². The number of aromatic nitrogens is 1. The number of rotatable bonds is 3. The molecule has 0 radical (unpaired) electrons. The molecule has 5 heteroatoms. The van der Waals surface area contributed by atoms with Crippen LogP contribution in [0.2, 0.25) is 0 Å². The molecule has 0 bridgehead atoms.